The van der Waals surface area contributed by atoms with Crippen LogP contribution in [0.4, 0.5) is 0 Å². The average Bonchev–Trinajstić information content (AvgIpc) is 3.15. The Morgan fingerprint density at radius 2 is 2.14 bits per heavy atom. The minimum absolute atomic E-state index is 0.000133. The quantitative estimate of drug-likeness (QED) is 0.778. The number of carbonyl (C=O) groups excluding carboxylic acids is 1. The van der Waals surface area contributed by atoms with Crippen LogP contribution >= 0.6 is 11.3 Å². The molecule has 2 N–H and O–H groups in total. The molecule has 0 saturated heterocycles. The lowest BCUT2D eigenvalue weighted by Crippen LogP contribution is -2.22. The molecule has 2 heterocycles. The van der Waals surface area contributed by atoms with E-state index < -0.39 is 0 Å². The number of carbonyl (C=O) groups is 1. The molecule has 0 aliphatic heterocycles. The van der Waals surface area contributed by atoms with Gasteiger partial charge in [-0.05, 0) is 49.4 Å². The predicted octanol–water partition coefficient (Wildman–Crippen LogP) is 3.43. The first-order valence-electron chi connectivity index (χ1n) is 7.63. The molecule has 22 heavy (non-hydrogen) atoms. The number of hydrogen-bond acceptors (Lipinski definition) is 3. The van der Waals surface area contributed by atoms with Crippen molar-refractivity contribution in [3.63, 3.8) is 0 Å². The summed E-state index contributed by atoms with van der Waals surface area (Å²) in [7, 11) is 0. The molecule has 1 amide bonds. The van der Waals surface area contributed by atoms with Gasteiger partial charge in [0.05, 0.1) is 22.5 Å². The van der Waals surface area contributed by atoms with E-state index >= 15 is 0 Å². The lowest BCUT2D eigenvalue weighted by atomic mass is 9.99. The summed E-state index contributed by atoms with van der Waals surface area (Å²) in [5.41, 5.74) is 3.29. The van der Waals surface area contributed by atoms with E-state index in [4.69, 9.17) is 0 Å². The Kier molecular flexibility index (Phi) is 3.42. The van der Waals surface area contributed by atoms with Gasteiger partial charge in [-0.15, -0.1) is 11.3 Å². The molecule has 0 unspecified atom stereocenters. The summed E-state index contributed by atoms with van der Waals surface area (Å²) < 4.78 is 0. The first kappa shape index (κ1) is 13.5. The second-order valence-corrected chi connectivity index (χ2v) is 6.79. The molecule has 0 radical (unpaired) electrons. The molecular formula is C17H17N3OS. The SMILES string of the molecule is O=C(NCc1nc2ccccc2[nH]1)c1cc2c(s1)CCCC2. The molecule has 0 atom stereocenters. The van der Waals surface area contributed by atoms with Gasteiger partial charge in [0, 0.05) is 4.88 Å². The molecule has 1 aliphatic rings. The van der Waals surface area contributed by atoms with Crippen molar-refractivity contribution in [2.75, 3.05) is 0 Å². The fourth-order valence-electron chi connectivity index (χ4n) is 2.94. The van der Waals surface area contributed by atoms with Crippen LogP contribution in [-0.2, 0) is 19.4 Å². The highest BCUT2D eigenvalue weighted by molar-refractivity contribution is 7.14. The summed E-state index contributed by atoms with van der Waals surface area (Å²) in [6.45, 7) is 0.427. The van der Waals surface area contributed by atoms with Gasteiger partial charge < -0.3 is 10.3 Å². The van der Waals surface area contributed by atoms with Crippen molar-refractivity contribution in [1.29, 1.82) is 0 Å². The van der Waals surface area contributed by atoms with Crippen LogP contribution in [0.15, 0.2) is 30.3 Å². The van der Waals surface area contributed by atoms with E-state index in [9.17, 15) is 4.79 Å². The van der Waals surface area contributed by atoms with E-state index in [-0.39, 0.29) is 5.91 Å². The fourth-order valence-corrected chi connectivity index (χ4v) is 4.11. The minimum Gasteiger partial charge on any atom is -0.344 e. The van der Waals surface area contributed by atoms with E-state index in [0.29, 0.717) is 6.54 Å². The molecule has 4 nitrogen and oxygen atoms in total. The number of imidazole rings is 1. The topological polar surface area (TPSA) is 57.8 Å². The Morgan fingerprint density at radius 3 is 3.00 bits per heavy atom. The third kappa shape index (κ3) is 2.52. The molecular weight excluding hydrogens is 294 g/mol. The molecule has 0 saturated carbocycles. The maximum absolute atomic E-state index is 12.3. The maximum atomic E-state index is 12.3. The molecule has 1 aromatic carbocycles. The first-order chi connectivity index (χ1) is 10.8. The van der Waals surface area contributed by atoms with Gasteiger partial charge in [-0.2, -0.15) is 0 Å². The number of aromatic amines is 1. The Bertz CT molecular complexity index is 777. The van der Waals surface area contributed by atoms with E-state index in [1.54, 1.807) is 11.3 Å². The number of aryl methyl sites for hydroxylation is 2. The Morgan fingerprint density at radius 1 is 1.27 bits per heavy atom. The van der Waals surface area contributed by atoms with Gasteiger partial charge in [0.25, 0.3) is 5.91 Å². The van der Waals surface area contributed by atoms with Crippen LogP contribution in [0.25, 0.3) is 11.0 Å². The Labute approximate surface area is 132 Å². The standard InChI is InChI=1S/C17H17N3OS/c21-17(15-9-11-5-1-4-8-14(11)22-15)18-10-16-19-12-6-2-3-7-13(12)20-16/h2-3,6-7,9H,1,4-5,8,10H2,(H,18,21)(H,19,20). The monoisotopic (exact) mass is 311 g/mol. The molecule has 2 aromatic heterocycles. The molecule has 0 fully saturated rings. The Balaban J connectivity index is 1.46. The number of aromatic nitrogens is 2. The molecule has 1 aliphatic carbocycles. The zero-order valence-corrected chi connectivity index (χ0v) is 13.0. The van der Waals surface area contributed by atoms with Gasteiger partial charge in [0.1, 0.15) is 5.82 Å². The zero-order valence-electron chi connectivity index (χ0n) is 12.2. The Hall–Kier alpha value is -2.14. The number of nitrogens with one attached hydrogen (secondary N) is 2. The van der Waals surface area contributed by atoms with Crippen molar-refractivity contribution in [2.45, 2.75) is 32.2 Å². The smallest absolute Gasteiger partial charge is 0.261 e. The van der Waals surface area contributed by atoms with E-state index in [1.807, 2.05) is 24.3 Å². The number of benzene rings is 1. The summed E-state index contributed by atoms with van der Waals surface area (Å²) in [6.07, 6.45) is 4.72. The maximum Gasteiger partial charge on any atom is 0.261 e. The van der Waals surface area contributed by atoms with Crippen LogP contribution in [0.1, 0.15) is 38.8 Å². The first-order valence-corrected chi connectivity index (χ1v) is 8.44. The average molecular weight is 311 g/mol. The second-order valence-electron chi connectivity index (χ2n) is 5.65. The highest BCUT2D eigenvalue weighted by Gasteiger charge is 2.17. The molecule has 0 spiro atoms. The summed E-state index contributed by atoms with van der Waals surface area (Å²) in [5, 5.41) is 2.96. The van der Waals surface area contributed by atoms with Crippen molar-refractivity contribution >= 4 is 28.3 Å². The van der Waals surface area contributed by atoms with Crippen molar-refractivity contribution in [3.05, 3.63) is 51.5 Å². The number of nitrogens with zero attached hydrogens (tertiary/aromatic N) is 1. The lowest BCUT2D eigenvalue weighted by molar-refractivity contribution is 0.0954. The highest BCUT2D eigenvalue weighted by Crippen LogP contribution is 2.29. The minimum atomic E-state index is -0.000133. The summed E-state index contributed by atoms with van der Waals surface area (Å²) in [6, 6.07) is 9.94. The number of rotatable bonds is 3. The van der Waals surface area contributed by atoms with Crippen LogP contribution in [-0.4, -0.2) is 15.9 Å². The predicted molar refractivity (Wildman–Crippen MR) is 88.2 cm³/mol. The summed E-state index contributed by atoms with van der Waals surface area (Å²) >= 11 is 1.64. The van der Waals surface area contributed by atoms with E-state index in [0.717, 1.165) is 34.6 Å². The van der Waals surface area contributed by atoms with Crippen LogP contribution in [0, 0.1) is 0 Å². The van der Waals surface area contributed by atoms with Gasteiger partial charge in [-0.25, -0.2) is 4.98 Å². The van der Waals surface area contributed by atoms with E-state index in [2.05, 4.69) is 21.4 Å². The largest absolute Gasteiger partial charge is 0.344 e. The van der Waals surface area contributed by atoms with Crippen molar-refractivity contribution < 1.29 is 4.79 Å². The normalized spacial score (nSPS) is 14.0. The molecule has 4 rings (SSSR count). The number of para-hydroxylation sites is 2. The third-order valence-electron chi connectivity index (χ3n) is 4.08. The second kappa shape index (κ2) is 5.57. The number of amides is 1. The van der Waals surface area contributed by atoms with E-state index in [1.165, 1.54) is 23.3 Å². The molecule has 3 aromatic rings. The van der Waals surface area contributed by atoms with Crippen LogP contribution in [0.2, 0.25) is 0 Å². The summed E-state index contributed by atoms with van der Waals surface area (Å²) in [4.78, 5) is 22.2. The van der Waals surface area contributed by atoms with Crippen molar-refractivity contribution in [1.82, 2.24) is 15.3 Å². The van der Waals surface area contributed by atoms with Gasteiger partial charge in [0.2, 0.25) is 0 Å². The molecule has 112 valence electrons. The van der Waals surface area contributed by atoms with Gasteiger partial charge in [-0.1, -0.05) is 12.1 Å². The van der Waals surface area contributed by atoms with Gasteiger partial charge >= 0.3 is 0 Å². The number of thiophene rings is 1. The zero-order chi connectivity index (χ0) is 14.9. The van der Waals surface area contributed by atoms with Crippen molar-refractivity contribution in [2.24, 2.45) is 0 Å². The highest BCUT2D eigenvalue weighted by atomic mass is 32.1. The number of hydrogen-bond donors (Lipinski definition) is 2. The lowest BCUT2D eigenvalue weighted by Gasteiger charge is -2.08. The van der Waals surface area contributed by atoms with Crippen LogP contribution < -0.4 is 5.32 Å². The summed E-state index contributed by atoms with van der Waals surface area (Å²) in [5.74, 6) is 0.788. The molecule has 0 bridgehead atoms. The third-order valence-corrected chi connectivity index (χ3v) is 5.31. The van der Waals surface area contributed by atoms with Crippen LogP contribution in [0.5, 0.6) is 0 Å². The van der Waals surface area contributed by atoms with Crippen LogP contribution in [0.3, 0.4) is 0 Å². The van der Waals surface area contributed by atoms with Crippen molar-refractivity contribution in [3.8, 4) is 0 Å². The molecule has 5 heteroatoms. The number of H-pyrrole nitrogens is 1. The van der Waals surface area contributed by atoms with Gasteiger partial charge in [0.15, 0.2) is 0 Å². The number of fused-ring (bicyclic) bond motifs is 2. The fraction of sp³-hybridized carbons (Fsp3) is 0.294. The van der Waals surface area contributed by atoms with Gasteiger partial charge in [-0.3, -0.25) is 4.79 Å².